The Labute approximate surface area is 129 Å². The molecule has 72 valence electrons. The van der Waals surface area contributed by atoms with Gasteiger partial charge in [0, 0.05) is 6.92 Å². The summed E-state index contributed by atoms with van der Waals surface area (Å²) >= 11 is 0. The van der Waals surface area contributed by atoms with Crippen molar-refractivity contribution in [2.45, 2.75) is 20.1 Å². The number of aliphatic hydroxyl groups excluding tert-OH is 1. The second-order valence-corrected chi connectivity index (χ2v) is 1.64. The Hall–Kier alpha value is 0.390. The number of hydrogen-bond donors (Lipinski definition) is 2. The van der Waals surface area contributed by atoms with Crippen LogP contribution in [0.5, 0.6) is 0 Å². The van der Waals surface area contributed by atoms with Crippen molar-refractivity contribution in [2.24, 2.45) is 0 Å². The van der Waals surface area contributed by atoms with Crippen molar-refractivity contribution in [3.8, 4) is 6.07 Å². The third-order valence-electron chi connectivity index (χ3n) is 0.369. The third kappa shape index (κ3) is 39.4. The van der Waals surface area contributed by atoms with Crippen molar-refractivity contribution in [2.75, 3.05) is 0 Å². The van der Waals surface area contributed by atoms with Gasteiger partial charge in [-0.25, -0.2) is 4.79 Å². The Bertz CT molecular complexity index is 206. The maximum atomic E-state index is 9.88. The van der Waals surface area contributed by atoms with Gasteiger partial charge in [-0.15, -0.1) is 0 Å². The van der Waals surface area contributed by atoms with Crippen molar-refractivity contribution in [1.29, 1.82) is 5.26 Å². The quantitative estimate of drug-likeness (QED) is 0.198. The molecule has 2 N–H and O–H groups in total. The minimum absolute atomic E-state index is 0. The molecule has 6 nitrogen and oxygen atoms in total. The number of carbonyl (C=O) groups excluding carboxylic acids is 1. The van der Waals surface area contributed by atoms with Crippen LogP contribution >= 0.6 is 0 Å². The Morgan fingerprint density at radius 3 is 1.86 bits per heavy atom. The van der Waals surface area contributed by atoms with Gasteiger partial charge in [0.05, 0.1) is 0 Å². The number of nitrogens with zero attached hydrogens (tertiary/aromatic N) is 1. The number of esters is 1. The van der Waals surface area contributed by atoms with Gasteiger partial charge in [0.25, 0.3) is 5.97 Å². The van der Waals surface area contributed by atoms with Crippen LogP contribution in [0.2, 0.25) is 0 Å². The van der Waals surface area contributed by atoms with Gasteiger partial charge in [-0.05, 0) is 6.92 Å². The minimum Gasteiger partial charge on any atom is -1.00 e. The molecule has 0 aliphatic rings. The maximum Gasteiger partial charge on any atom is 1.00 e. The molecular weight excluding hydrogens is 212 g/mol. The monoisotopic (exact) mass is 223 g/mol. The summed E-state index contributed by atoms with van der Waals surface area (Å²) in [6, 6.07) is 1.18. The largest absolute Gasteiger partial charge is 1.00 e. The number of rotatable bonds is 1. The zero-order valence-electron chi connectivity index (χ0n) is 10.6. The summed E-state index contributed by atoms with van der Waals surface area (Å²) in [4.78, 5) is 18.9. The number of hydrogen-bond acceptors (Lipinski definition) is 5. The first kappa shape index (κ1) is 23.9. The van der Waals surface area contributed by atoms with Crippen molar-refractivity contribution >= 4 is 11.9 Å². The first-order valence-corrected chi connectivity index (χ1v) is 2.88. The number of aliphatic carboxylic acids is 1. The van der Waals surface area contributed by atoms with Crippen LogP contribution in [-0.4, -0.2) is 28.4 Å². The third-order valence-corrected chi connectivity index (χ3v) is 0.369. The van der Waals surface area contributed by atoms with E-state index in [1.54, 1.807) is 0 Å². The van der Waals surface area contributed by atoms with Gasteiger partial charge in [-0.3, -0.25) is 4.79 Å². The average molecular weight is 223 g/mol. The Morgan fingerprint density at radius 2 is 1.79 bits per heavy atom. The van der Waals surface area contributed by atoms with E-state index in [2.05, 4.69) is 4.74 Å². The van der Waals surface area contributed by atoms with E-state index in [4.69, 9.17) is 20.3 Å². The Balaban J connectivity index is -0.0000000281. The summed E-state index contributed by atoms with van der Waals surface area (Å²) in [6.07, 6.45) is -1.19. The van der Waals surface area contributed by atoms with E-state index in [0.29, 0.717) is 0 Å². The van der Waals surface area contributed by atoms with E-state index < -0.39 is 18.2 Å². The summed E-state index contributed by atoms with van der Waals surface area (Å²) in [5.41, 5.74) is 0. The normalized spacial score (nSPS) is 8.43. The maximum absolute atomic E-state index is 9.88. The fourth-order valence-corrected chi connectivity index (χ4v) is 0.181. The van der Waals surface area contributed by atoms with Crippen LogP contribution in [0.25, 0.3) is 0 Å². The zero-order valence-corrected chi connectivity index (χ0v) is 12.6. The topological polar surface area (TPSA) is 108 Å². The van der Waals surface area contributed by atoms with Crippen molar-refractivity contribution < 1.29 is 86.5 Å². The summed E-state index contributed by atoms with van der Waals surface area (Å²) < 4.78 is 3.95. The van der Waals surface area contributed by atoms with Gasteiger partial charge >= 0.3 is 65.1 Å². The van der Waals surface area contributed by atoms with E-state index in [0.717, 1.165) is 6.92 Å². The molecule has 0 aromatic heterocycles. The number of carboxylic acids is 1. The SMILES string of the molecule is CC(=O)O.CC(O)OC(=O)C#N.[H-].[H-].[Na+].[Na+]. The molecule has 0 aromatic rings. The number of nitriles is 1. The van der Waals surface area contributed by atoms with Crippen LogP contribution in [0.4, 0.5) is 0 Å². The van der Waals surface area contributed by atoms with Crippen LogP contribution in [0.1, 0.15) is 16.7 Å². The van der Waals surface area contributed by atoms with Gasteiger partial charge in [0.2, 0.25) is 0 Å². The molecule has 0 rings (SSSR count). The second-order valence-electron chi connectivity index (χ2n) is 1.64. The molecule has 0 fully saturated rings. The minimum atomic E-state index is -1.19. The Morgan fingerprint density at radius 1 is 1.50 bits per heavy atom. The van der Waals surface area contributed by atoms with E-state index >= 15 is 0 Å². The summed E-state index contributed by atoms with van der Waals surface area (Å²) in [6.45, 7) is 2.33. The first-order chi connectivity index (χ1) is 5.40. The molecule has 0 radical (unpaired) electrons. The molecule has 0 spiro atoms. The summed E-state index contributed by atoms with van der Waals surface area (Å²) in [5, 5.41) is 23.4. The van der Waals surface area contributed by atoms with Gasteiger partial charge in [-0.1, -0.05) is 0 Å². The Kier molecular flexibility index (Phi) is 27.0. The molecule has 1 unspecified atom stereocenters. The van der Waals surface area contributed by atoms with Crippen molar-refractivity contribution in [1.82, 2.24) is 0 Å². The average Bonchev–Trinajstić information content (AvgIpc) is 1.84. The molecular formula is C6H11NNa2O5. The molecule has 0 aliphatic heterocycles. The number of aliphatic hydroxyl groups is 1. The number of ether oxygens (including phenoxy) is 1. The molecule has 0 aromatic carbocycles. The standard InChI is InChI=1S/C4H5NO3.C2H4O2.2Na.2H/c1-3(6)8-4(7)2-5;1-2(3)4;;;;/h3,6H,1H3;1H3,(H,3,4);;;;/q;;2*+1;2*-1. The van der Waals surface area contributed by atoms with Crippen molar-refractivity contribution in [3.05, 3.63) is 0 Å². The summed E-state index contributed by atoms with van der Waals surface area (Å²) in [7, 11) is 0. The van der Waals surface area contributed by atoms with E-state index in [-0.39, 0.29) is 62.0 Å². The van der Waals surface area contributed by atoms with E-state index in [1.165, 1.54) is 13.0 Å². The molecule has 14 heavy (non-hydrogen) atoms. The fraction of sp³-hybridized carbons (Fsp3) is 0.500. The smallest absolute Gasteiger partial charge is 1.00 e. The van der Waals surface area contributed by atoms with Crippen LogP contribution in [0, 0.1) is 11.3 Å². The predicted octanol–water partition coefficient (Wildman–Crippen LogP) is -6.28. The molecule has 0 saturated carbocycles. The molecule has 8 heteroatoms. The van der Waals surface area contributed by atoms with E-state index in [9.17, 15) is 4.79 Å². The predicted molar refractivity (Wildman–Crippen MR) is 38.9 cm³/mol. The molecule has 0 saturated heterocycles. The summed E-state index contributed by atoms with van der Waals surface area (Å²) in [5.74, 6) is -1.90. The number of carboxylic acid groups (broad SMARTS) is 1. The first-order valence-electron chi connectivity index (χ1n) is 2.88. The van der Waals surface area contributed by atoms with Crippen LogP contribution < -0.4 is 59.1 Å². The van der Waals surface area contributed by atoms with Gasteiger partial charge in [0.15, 0.2) is 12.4 Å². The molecule has 0 heterocycles. The second kappa shape index (κ2) is 15.8. The van der Waals surface area contributed by atoms with Gasteiger partial charge in [-0.2, -0.15) is 5.26 Å². The van der Waals surface area contributed by atoms with Crippen molar-refractivity contribution in [3.63, 3.8) is 0 Å². The zero-order chi connectivity index (χ0) is 10.1. The number of carbonyl (C=O) groups is 2. The molecule has 0 amide bonds. The molecule has 0 bridgehead atoms. The van der Waals surface area contributed by atoms with Crippen LogP contribution in [0.15, 0.2) is 0 Å². The molecule has 0 aliphatic carbocycles. The van der Waals surface area contributed by atoms with E-state index in [1.807, 2.05) is 0 Å². The van der Waals surface area contributed by atoms with Crippen LogP contribution in [-0.2, 0) is 14.3 Å². The van der Waals surface area contributed by atoms with Crippen LogP contribution in [0.3, 0.4) is 0 Å². The fourth-order valence-electron chi connectivity index (χ4n) is 0.181. The molecule has 1 atom stereocenters. The van der Waals surface area contributed by atoms with Gasteiger partial charge < -0.3 is 17.8 Å². The van der Waals surface area contributed by atoms with Gasteiger partial charge in [0.1, 0.15) is 0 Å².